The molecule has 3 rings (SSSR count). The predicted octanol–water partition coefficient (Wildman–Crippen LogP) is 1.93. The summed E-state index contributed by atoms with van der Waals surface area (Å²) < 4.78 is 0. The van der Waals surface area contributed by atoms with Gasteiger partial charge >= 0.3 is 0 Å². The summed E-state index contributed by atoms with van der Waals surface area (Å²) in [6, 6.07) is 9.91. The van der Waals surface area contributed by atoms with Crippen LogP contribution in [-0.4, -0.2) is 34.5 Å². The molecule has 1 aliphatic carbocycles. The van der Waals surface area contributed by atoms with Crippen LogP contribution in [0.4, 0.5) is 0 Å². The number of hydrogen-bond acceptors (Lipinski definition) is 3. The number of imide groups is 1. The monoisotopic (exact) mass is 299 g/mol. The van der Waals surface area contributed by atoms with Crippen LogP contribution >= 0.6 is 0 Å². The topological polar surface area (TPSA) is 57.6 Å². The van der Waals surface area contributed by atoms with Crippen LogP contribution < -0.4 is 0 Å². The number of benzene rings is 1. The number of fused-ring (bicyclic) bond motifs is 1. The van der Waals surface area contributed by atoms with Gasteiger partial charge in [0.05, 0.1) is 24.5 Å². The van der Waals surface area contributed by atoms with E-state index in [2.05, 4.69) is 0 Å². The molecule has 1 heterocycles. The molecule has 116 valence electrons. The molecule has 2 amide bonds. The summed E-state index contributed by atoms with van der Waals surface area (Å²) in [5.74, 6) is -0.645. The molecular formula is C18H21NO3. The number of carbonyl (C=O) groups excluding carboxylic acids is 2. The van der Waals surface area contributed by atoms with Gasteiger partial charge in [0.2, 0.25) is 11.8 Å². The Balaban J connectivity index is 1.56. The van der Waals surface area contributed by atoms with E-state index in [-0.39, 0.29) is 30.2 Å². The maximum atomic E-state index is 12.3. The second kappa shape index (κ2) is 6.44. The van der Waals surface area contributed by atoms with Crippen LogP contribution in [0.2, 0.25) is 0 Å². The smallest absolute Gasteiger partial charge is 0.233 e. The molecular weight excluding hydrogens is 278 g/mol. The molecule has 1 aromatic rings. The zero-order valence-corrected chi connectivity index (χ0v) is 12.5. The maximum Gasteiger partial charge on any atom is 0.233 e. The molecule has 2 aliphatic rings. The minimum Gasteiger partial charge on any atom is -0.391 e. The maximum absolute atomic E-state index is 12.3. The Hall–Kier alpha value is -1.94. The third kappa shape index (κ3) is 2.97. The molecule has 0 aromatic heterocycles. The fourth-order valence-corrected chi connectivity index (χ4v) is 3.33. The molecule has 0 saturated carbocycles. The van der Waals surface area contributed by atoms with E-state index in [1.54, 1.807) is 0 Å². The summed E-state index contributed by atoms with van der Waals surface area (Å²) in [7, 11) is 0. The van der Waals surface area contributed by atoms with E-state index < -0.39 is 6.10 Å². The van der Waals surface area contributed by atoms with Crippen molar-refractivity contribution in [2.75, 3.05) is 6.54 Å². The molecule has 4 heteroatoms. The highest BCUT2D eigenvalue weighted by Gasteiger charge is 2.47. The van der Waals surface area contributed by atoms with Gasteiger partial charge in [-0.1, -0.05) is 42.5 Å². The number of aryl methyl sites for hydroxylation is 1. The first-order chi connectivity index (χ1) is 10.7. The summed E-state index contributed by atoms with van der Waals surface area (Å²) >= 11 is 0. The Kier molecular flexibility index (Phi) is 4.39. The number of hydrogen-bond donors (Lipinski definition) is 1. The molecule has 22 heavy (non-hydrogen) atoms. The van der Waals surface area contributed by atoms with Crippen molar-refractivity contribution in [3.8, 4) is 0 Å². The van der Waals surface area contributed by atoms with Crippen molar-refractivity contribution in [1.29, 1.82) is 0 Å². The lowest BCUT2D eigenvalue weighted by Gasteiger charge is -2.19. The summed E-state index contributed by atoms with van der Waals surface area (Å²) in [5.41, 5.74) is 1.15. The fourth-order valence-electron chi connectivity index (χ4n) is 3.33. The van der Waals surface area contributed by atoms with Crippen molar-refractivity contribution < 1.29 is 14.7 Å². The summed E-state index contributed by atoms with van der Waals surface area (Å²) in [5, 5.41) is 10.2. The van der Waals surface area contributed by atoms with Crippen molar-refractivity contribution >= 4 is 11.8 Å². The van der Waals surface area contributed by atoms with Gasteiger partial charge in [-0.2, -0.15) is 0 Å². The van der Waals surface area contributed by atoms with Gasteiger partial charge < -0.3 is 5.11 Å². The Morgan fingerprint density at radius 1 is 1.05 bits per heavy atom. The number of carbonyl (C=O) groups is 2. The van der Waals surface area contributed by atoms with Gasteiger partial charge in [0.1, 0.15) is 0 Å². The van der Waals surface area contributed by atoms with Crippen LogP contribution in [0.15, 0.2) is 42.5 Å². The highest BCUT2D eigenvalue weighted by atomic mass is 16.3. The number of likely N-dealkylation sites (tertiary alicyclic amines) is 1. The van der Waals surface area contributed by atoms with Crippen LogP contribution in [0, 0.1) is 11.8 Å². The second-order valence-electron chi connectivity index (χ2n) is 6.12. The number of aliphatic hydroxyl groups excluding tert-OH is 1. The van der Waals surface area contributed by atoms with Crippen LogP contribution in [0.25, 0.3) is 0 Å². The van der Waals surface area contributed by atoms with E-state index in [0.717, 1.165) is 12.0 Å². The van der Waals surface area contributed by atoms with Gasteiger partial charge in [0.15, 0.2) is 0 Å². The van der Waals surface area contributed by atoms with Gasteiger partial charge in [-0.25, -0.2) is 0 Å². The van der Waals surface area contributed by atoms with Gasteiger partial charge in [-0.05, 0) is 31.2 Å². The number of nitrogens with zero attached hydrogens (tertiary/aromatic N) is 1. The summed E-state index contributed by atoms with van der Waals surface area (Å²) in [4.78, 5) is 25.9. The molecule has 0 bridgehead atoms. The summed E-state index contributed by atoms with van der Waals surface area (Å²) in [6.07, 6.45) is 5.86. The number of amides is 2. The Labute approximate surface area is 130 Å². The molecule has 1 saturated heterocycles. The largest absolute Gasteiger partial charge is 0.391 e. The van der Waals surface area contributed by atoms with Crippen molar-refractivity contribution in [3.63, 3.8) is 0 Å². The molecule has 3 atom stereocenters. The van der Waals surface area contributed by atoms with Crippen molar-refractivity contribution in [1.82, 2.24) is 4.90 Å². The molecule has 1 N–H and O–H groups in total. The van der Waals surface area contributed by atoms with Crippen LogP contribution in [0.1, 0.15) is 24.8 Å². The number of β-amino-alcohol motifs (C(OH)–C–C–N with tert-alkyl or cyclic N) is 1. The molecule has 1 aliphatic heterocycles. The zero-order valence-electron chi connectivity index (χ0n) is 12.5. The molecule has 1 aromatic carbocycles. The predicted molar refractivity (Wildman–Crippen MR) is 82.8 cm³/mol. The highest BCUT2D eigenvalue weighted by Crippen LogP contribution is 2.35. The standard InChI is InChI=1S/C18H21NO3/c20-14(11-10-13-6-2-1-3-7-13)12-19-17(21)15-8-4-5-9-16(15)18(19)22/h1-7,14-16,20H,8-12H2/t14-,15-,16+/m0/s1. The van der Waals surface area contributed by atoms with E-state index in [4.69, 9.17) is 0 Å². The second-order valence-corrected chi connectivity index (χ2v) is 6.12. The average molecular weight is 299 g/mol. The Bertz CT molecular complexity index is 555. The number of allylic oxidation sites excluding steroid dienone is 2. The van der Waals surface area contributed by atoms with Gasteiger partial charge in [-0.3, -0.25) is 14.5 Å². The molecule has 0 spiro atoms. The molecule has 4 nitrogen and oxygen atoms in total. The van der Waals surface area contributed by atoms with Gasteiger partial charge in [0, 0.05) is 0 Å². The first kappa shape index (κ1) is 15.0. The van der Waals surface area contributed by atoms with E-state index in [1.807, 2.05) is 42.5 Å². The number of rotatable bonds is 5. The van der Waals surface area contributed by atoms with Gasteiger partial charge in [-0.15, -0.1) is 0 Å². The summed E-state index contributed by atoms with van der Waals surface area (Å²) in [6.45, 7) is 0.123. The Morgan fingerprint density at radius 3 is 2.23 bits per heavy atom. The fraction of sp³-hybridized carbons (Fsp3) is 0.444. The first-order valence-corrected chi connectivity index (χ1v) is 7.89. The minimum atomic E-state index is -0.666. The normalized spacial score (nSPS) is 25.4. The van der Waals surface area contributed by atoms with Crippen LogP contribution in [0.3, 0.4) is 0 Å². The third-order valence-electron chi connectivity index (χ3n) is 4.60. The zero-order chi connectivity index (χ0) is 15.5. The van der Waals surface area contributed by atoms with E-state index in [9.17, 15) is 14.7 Å². The molecule has 0 radical (unpaired) electrons. The Morgan fingerprint density at radius 2 is 1.64 bits per heavy atom. The third-order valence-corrected chi connectivity index (χ3v) is 4.60. The molecule has 1 fully saturated rings. The lowest BCUT2D eigenvalue weighted by Crippen LogP contribution is -2.38. The lowest BCUT2D eigenvalue weighted by atomic mass is 9.85. The quantitative estimate of drug-likeness (QED) is 0.667. The van der Waals surface area contributed by atoms with Crippen molar-refractivity contribution in [2.45, 2.75) is 31.8 Å². The lowest BCUT2D eigenvalue weighted by molar-refractivity contribution is -0.141. The average Bonchev–Trinajstić information content (AvgIpc) is 2.79. The minimum absolute atomic E-state index is 0.113. The first-order valence-electron chi connectivity index (χ1n) is 7.89. The van der Waals surface area contributed by atoms with E-state index >= 15 is 0 Å². The van der Waals surface area contributed by atoms with Crippen LogP contribution in [0.5, 0.6) is 0 Å². The highest BCUT2D eigenvalue weighted by molar-refractivity contribution is 6.05. The van der Waals surface area contributed by atoms with Gasteiger partial charge in [0.25, 0.3) is 0 Å². The SMILES string of the molecule is O=C1[C@H]2CC=CC[C@H]2C(=O)N1C[C@@H](O)CCc1ccccc1. The van der Waals surface area contributed by atoms with Crippen molar-refractivity contribution in [2.24, 2.45) is 11.8 Å². The molecule has 0 unspecified atom stereocenters. The number of aliphatic hydroxyl groups is 1. The van der Waals surface area contributed by atoms with Crippen LogP contribution in [-0.2, 0) is 16.0 Å². The van der Waals surface area contributed by atoms with E-state index in [0.29, 0.717) is 19.3 Å². The van der Waals surface area contributed by atoms with E-state index in [1.165, 1.54) is 4.90 Å². The van der Waals surface area contributed by atoms with Crippen molar-refractivity contribution in [3.05, 3.63) is 48.0 Å².